The van der Waals surface area contributed by atoms with Crippen LogP contribution in [0.5, 0.6) is 5.75 Å². The molecule has 1 aromatic carbocycles. The minimum atomic E-state index is -0.789. The summed E-state index contributed by atoms with van der Waals surface area (Å²) in [6.07, 6.45) is 1.68. The molecule has 3 heterocycles. The third-order valence-corrected chi connectivity index (χ3v) is 6.55. The number of nitrogens with one attached hydrogen (secondary N) is 1. The SMILES string of the molecule is CC(C)Nc1nn(C2CCN(CC(C)(C)C(=O)O)CC2)c2cc(-c3cccc(Cl)c3O)nnc12. The Labute approximate surface area is 203 Å². The Morgan fingerprint density at radius 3 is 2.62 bits per heavy atom. The van der Waals surface area contributed by atoms with Crippen molar-refractivity contribution in [3.63, 3.8) is 0 Å². The highest BCUT2D eigenvalue weighted by Crippen LogP contribution is 2.36. The second-order valence-corrected chi connectivity index (χ2v) is 10.3. The molecule has 0 saturated carbocycles. The van der Waals surface area contributed by atoms with Gasteiger partial charge in [-0.1, -0.05) is 17.7 Å². The summed E-state index contributed by atoms with van der Waals surface area (Å²) in [7, 11) is 0. The standard InChI is InChI=1S/C24H31ClN6O3/c1-14(2)26-22-20-19(12-18(27-28-20)16-6-5-7-17(25)21(16)32)31(29-22)15-8-10-30(11-9-15)13-24(3,4)23(33)34/h5-7,12,14-15,32H,8-11,13H2,1-4H3,(H,26,29)(H,33,34). The molecular formula is C24H31ClN6O3. The van der Waals surface area contributed by atoms with Crippen LogP contribution < -0.4 is 5.32 Å². The van der Waals surface area contributed by atoms with Crippen LogP contribution in [0, 0.1) is 5.41 Å². The van der Waals surface area contributed by atoms with Gasteiger partial charge in [-0.3, -0.25) is 9.48 Å². The van der Waals surface area contributed by atoms with Gasteiger partial charge in [-0.25, -0.2) is 0 Å². The number of halogens is 1. The first kappa shape index (κ1) is 24.2. The van der Waals surface area contributed by atoms with Crippen molar-refractivity contribution in [3.05, 3.63) is 29.3 Å². The van der Waals surface area contributed by atoms with Gasteiger partial charge in [-0.15, -0.1) is 10.2 Å². The lowest BCUT2D eigenvalue weighted by atomic mass is 9.91. The van der Waals surface area contributed by atoms with Gasteiger partial charge in [-0.2, -0.15) is 5.10 Å². The van der Waals surface area contributed by atoms with Crippen molar-refractivity contribution in [2.45, 2.75) is 52.6 Å². The summed E-state index contributed by atoms with van der Waals surface area (Å²) in [5.41, 5.74) is 1.75. The van der Waals surface area contributed by atoms with E-state index in [0.717, 1.165) is 31.4 Å². The Hall–Kier alpha value is -2.91. The number of benzene rings is 1. The van der Waals surface area contributed by atoms with Crippen molar-refractivity contribution in [3.8, 4) is 17.0 Å². The fourth-order valence-electron chi connectivity index (χ4n) is 4.39. The van der Waals surface area contributed by atoms with Crippen molar-refractivity contribution in [2.75, 3.05) is 25.0 Å². The third kappa shape index (κ3) is 4.81. The van der Waals surface area contributed by atoms with Crippen LogP contribution in [0.2, 0.25) is 5.02 Å². The molecule has 1 fully saturated rings. The van der Waals surface area contributed by atoms with E-state index in [2.05, 4.69) is 20.4 Å². The van der Waals surface area contributed by atoms with Crippen LogP contribution in [0.15, 0.2) is 24.3 Å². The number of nitrogens with zero attached hydrogens (tertiary/aromatic N) is 5. The molecule has 0 spiro atoms. The Bertz CT molecular complexity index is 1200. The number of carboxylic acid groups (broad SMARTS) is 1. The highest BCUT2D eigenvalue weighted by Gasteiger charge is 2.32. The van der Waals surface area contributed by atoms with Gasteiger partial charge >= 0.3 is 5.97 Å². The number of carboxylic acids is 1. The second kappa shape index (κ2) is 9.38. The van der Waals surface area contributed by atoms with E-state index < -0.39 is 11.4 Å². The van der Waals surface area contributed by atoms with E-state index >= 15 is 0 Å². The number of rotatable bonds is 7. The number of fused-ring (bicyclic) bond motifs is 1. The van der Waals surface area contributed by atoms with Crippen LogP contribution in [0.4, 0.5) is 5.82 Å². The lowest BCUT2D eigenvalue weighted by Gasteiger charge is -2.35. The quantitative estimate of drug-likeness (QED) is 0.449. The van der Waals surface area contributed by atoms with E-state index in [1.165, 1.54) is 0 Å². The smallest absolute Gasteiger partial charge is 0.310 e. The van der Waals surface area contributed by atoms with Gasteiger partial charge in [0.15, 0.2) is 11.3 Å². The summed E-state index contributed by atoms with van der Waals surface area (Å²) < 4.78 is 2.00. The molecule has 0 aliphatic carbocycles. The molecule has 3 aromatic rings. The molecule has 1 aliphatic rings. The second-order valence-electron chi connectivity index (χ2n) is 9.89. The maximum Gasteiger partial charge on any atom is 0.310 e. The maximum absolute atomic E-state index is 11.5. The molecule has 3 N–H and O–H groups in total. The summed E-state index contributed by atoms with van der Waals surface area (Å²) in [4.78, 5) is 13.7. The zero-order chi connectivity index (χ0) is 24.6. The van der Waals surface area contributed by atoms with Gasteiger partial charge < -0.3 is 20.4 Å². The van der Waals surface area contributed by atoms with Crippen LogP contribution in [-0.2, 0) is 4.79 Å². The highest BCUT2D eigenvalue weighted by atomic mass is 35.5. The Balaban J connectivity index is 1.66. The molecule has 0 unspecified atom stereocenters. The maximum atomic E-state index is 11.5. The number of aliphatic carboxylic acids is 1. The van der Waals surface area contributed by atoms with Gasteiger partial charge in [0.1, 0.15) is 5.75 Å². The average molecular weight is 487 g/mol. The zero-order valence-corrected chi connectivity index (χ0v) is 20.7. The van der Waals surface area contributed by atoms with Gasteiger partial charge in [0, 0.05) is 31.2 Å². The van der Waals surface area contributed by atoms with E-state index in [-0.39, 0.29) is 22.9 Å². The van der Waals surface area contributed by atoms with Crippen LogP contribution in [0.25, 0.3) is 22.3 Å². The summed E-state index contributed by atoms with van der Waals surface area (Å²) in [5.74, 6) is -0.139. The fraction of sp³-hybridized carbons (Fsp3) is 0.500. The Kier molecular flexibility index (Phi) is 6.69. The molecule has 0 atom stereocenters. The van der Waals surface area contributed by atoms with Crippen LogP contribution in [0.3, 0.4) is 0 Å². The average Bonchev–Trinajstić information content (AvgIpc) is 3.13. The number of aromatic nitrogens is 4. The monoisotopic (exact) mass is 486 g/mol. The third-order valence-electron chi connectivity index (χ3n) is 6.24. The lowest BCUT2D eigenvalue weighted by molar-refractivity contribution is -0.148. The van der Waals surface area contributed by atoms with Gasteiger partial charge in [0.05, 0.1) is 27.7 Å². The number of carbonyl (C=O) groups is 1. The topological polar surface area (TPSA) is 116 Å². The van der Waals surface area contributed by atoms with Crippen LogP contribution in [-0.4, -0.2) is 66.7 Å². The number of aromatic hydroxyl groups is 1. The van der Waals surface area contributed by atoms with E-state index in [9.17, 15) is 15.0 Å². The molecule has 9 nitrogen and oxygen atoms in total. The van der Waals surface area contributed by atoms with Crippen molar-refractivity contribution in [1.29, 1.82) is 0 Å². The van der Waals surface area contributed by atoms with Crippen molar-refractivity contribution >= 4 is 34.4 Å². The number of phenols is 1. The predicted octanol–water partition coefficient (Wildman–Crippen LogP) is 4.42. The van der Waals surface area contributed by atoms with Gasteiger partial charge in [0.2, 0.25) is 0 Å². The first-order valence-electron chi connectivity index (χ1n) is 11.5. The largest absolute Gasteiger partial charge is 0.506 e. The highest BCUT2D eigenvalue weighted by molar-refractivity contribution is 6.32. The summed E-state index contributed by atoms with van der Waals surface area (Å²) in [5, 5.41) is 37.2. The van der Waals surface area contributed by atoms with E-state index in [1.54, 1.807) is 32.0 Å². The number of hydrogen-bond acceptors (Lipinski definition) is 7. The van der Waals surface area contributed by atoms with E-state index in [4.69, 9.17) is 16.7 Å². The first-order chi connectivity index (χ1) is 16.1. The molecule has 182 valence electrons. The Morgan fingerprint density at radius 2 is 1.97 bits per heavy atom. The molecule has 1 aliphatic heterocycles. The molecule has 34 heavy (non-hydrogen) atoms. The molecule has 10 heteroatoms. The molecule has 1 saturated heterocycles. The Morgan fingerprint density at radius 1 is 1.26 bits per heavy atom. The van der Waals surface area contributed by atoms with Crippen molar-refractivity contribution in [1.82, 2.24) is 24.9 Å². The first-order valence-corrected chi connectivity index (χ1v) is 11.9. The minimum absolute atomic E-state index is 0.0289. The van der Waals surface area contributed by atoms with E-state index in [0.29, 0.717) is 29.1 Å². The number of likely N-dealkylation sites (tertiary alicyclic amines) is 1. The predicted molar refractivity (Wildman–Crippen MR) is 132 cm³/mol. The number of hydrogen-bond donors (Lipinski definition) is 3. The number of piperidine rings is 1. The van der Waals surface area contributed by atoms with Crippen LogP contribution >= 0.6 is 11.6 Å². The summed E-state index contributed by atoms with van der Waals surface area (Å²) in [6, 6.07) is 7.35. The molecule has 2 aromatic heterocycles. The molecule has 0 amide bonds. The minimum Gasteiger partial charge on any atom is -0.506 e. The van der Waals surface area contributed by atoms with E-state index in [1.807, 2.05) is 24.6 Å². The van der Waals surface area contributed by atoms with Gasteiger partial charge in [-0.05, 0) is 58.7 Å². The number of para-hydroxylation sites is 1. The van der Waals surface area contributed by atoms with Gasteiger partial charge in [0.25, 0.3) is 0 Å². The zero-order valence-electron chi connectivity index (χ0n) is 19.9. The van der Waals surface area contributed by atoms with Crippen molar-refractivity contribution in [2.24, 2.45) is 5.41 Å². The number of anilines is 1. The normalized spacial score (nSPS) is 15.8. The van der Waals surface area contributed by atoms with Crippen LogP contribution in [0.1, 0.15) is 46.6 Å². The molecule has 4 rings (SSSR count). The number of phenolic OH excluding ortho intramolecular Hbond substituents is 1. The molecule has 0 bridgehead atoms. The van der Waals surface area contributed by atoms with Crippen molar-refractivity contribution < 1.29 is 15.0 Å². The lowest BCUT2D eigenvalue weighted by Crippen LogP contribution is -2.43. The fourth-order valence-corrected chi connectivity index (χ4v) is 4.56. The summed E-state index contributed by atoms with van der Waals surface area (Å²) >= 11 is 6.11. The molecular weight excluding hydrogens is 456 g/mol. The molecule has 0 radical (unpaired) electrons. The summed E-state index contributed by atoms with van der Waals surface area (Å²) in [6.45, 7) is 9.69.